The minimum absolute atomic E-state index is 0.977. The Labute approximate surface area is 84.4 Å². The van der Waals surface area contributed by atoms with E-state index in [1.807, 2.05) is 18.3 Å². The summed E-state index contributed by atoms with van der Waals surface area (Å²) in [7, 11) is 0. The van der Waals surface area contributed by atoms with E-state index < -0.39 is 0 Å². The van der Waals surface area contributed by atoms with Gasteiger partial charge in [-0.1, -0.05) is 43.3 Å². The lowest BCUT2D eigenvalue weighted by Gasteiger charge is -2.05. The monoisotopic (exact) mass is 183 g/mol. The van der Waals surface area contributed by atoms with Crippen LogP contribution in [-0.2, 0) is 6.42 Å². The fourth-order valence-corrected chi connectivity index (χ4v) is 1.60. The smallest absolute Gasteiger partial charge is 0.0479 e. The fourth-order valence-electron chi connectivity index (χ4n) is 1.60. The third kappa shape index (κ3) is 1.67. The molecular formula is C13H13N. The lowest BCUT2D eigenvalue weighted by atomic mass is 10.0. The van der Waals surface area contributed by atoms with Crippen LogP contribution in [0.4, 0.5) is 0 Å². The number of hydrogen-bond acceptors (Lipinski definition) is 1. The maximum Gasteiger partial charge on any atom is 0.0479 e. The van der Waals surface area contributed by atoms with E-state index in [-0.39, 0.29) is 0 Å². The van der Waals surface area contributed by atoms with E-state index in [0.717, 1.165) is 6.42 Å². The van der Waals surface area contributed by atoms with Crippen LogP contribution in [0.2, 0.25) is 0 Å². The van der Waals surface area contributed by atoms with Crippen molar-refractivity contribution in [3.63, 3.8) is 0 Å². The van der Waals surface area contributed by atoms with Gasteiger partial charge in [0.1, 0.15) is 0 Å². The van der Waals surface area contributed by atoms with Gasteiger partial charge in [-0.15, -0.1) is 0 Å². The van der Waals surface area contributed by atoms with Crippen LogP contribution in [-0.4, -0.2) is 4.98 Å². The predicted octanol–water partition coefficient (Wildman–Crippen LogP) is 3.31. The molecule has 0 atom stereocenters. The molecule has 1 heterocycles. The van der Waals surface area contributed by atoms with Crippen LogP contribution in [0, 0.1) is 0 Å². The second-order valence-electron chi connectivity index (χ2n) is 3.22. The Kier molecular flexibility index (Phi) is 2.59. The third-order valence-corrected chi connectivity index (χ3v) is 2.31. The van der Waals surface area contributed by atoms with Gasteiger partial charge in [-0.3, -0.25) is 4.98 Å². The molecule has 0 saturated heterocycles. The van der Waals surface area contributed by atoms with Crippen molar-refractivity contribution < 1.29 is 0 Å². The van der Waals surface area contributed by atoms with Crippen LogP contribution in [0.3, 0.4) is 0 Å². The molecule has 0 bridgehead atoms. The van der Waals surface area contributed by atoms with E-state index in [2.05, 4.69) is 42.2 Å². The van der Waals surface area contributed by atoms with Crippen molar-refractivity contribution in [2.45, 2.75) is 13.3 Å². The first-order chi connectivity index (χ1) is 6.92. The number of benzene rings is 1. The molecule has 70 valence electrons. The Morgan fingerprint density at radius 1 is 1.00 bits per heavy atom. The van der Waals surface area contributed by atoms with E-state index in [1.54, 1.807) is 0 Å². The molecule has 0 radical (unpaired) electrons. The molecule has 2 rings (SSSR count). The van der Waals surface area contributed by atoms with Crippen molar-refractivity contribution in [1.82, 2.24) is 4.98 Å². The highest BCUT2D eigenvalue weighted by Crippen LogP contribution is 2.21. The van der Waals surface area contributed by atoms with Crippen LogP contribution in [0.25, 0.3) is 11.1 Å². The van der Waals surface area contributed by atoms with Crippen LogP contribution in [0.1, 0.15) is 12.6 Å². The molecule has 1 aromatic carbocycles. The summed E-state index contributed by atoms with van der Waals surface area (Å²) in [4.78, 5) is 4.37. The van der Waals surface area contributed by atoms with Crippen molar-refractivity contribution in [3.05, 3.63) is 54.4 Å². The number of rotatable bonds is 2. The molecule has 0 fully saturated rings. The summed E-state index contributed by atoms with van der Waals surface area (Å²) in [6.45, 7) is 2.13. The van der Waals surface area contributed by atoms with Crippen LogP contribution in [0.15, 0.2) is 48.7 Å². The van der Waals surface area contributed by atoms with Gasteiger partial charge in [-0.2, -0.15) is 0 Å². The van der Waals surface area contributed by atoms with E-state index in [4.69, 9.17) is 0 Å². The zero-order valence-electron chi connectivity index (χ0n) is 8.27. The van der Waals surface area contributed by atoms with Gasteiger partial charge in [0.2, 0.25) is 0 Å². The highest BCUT2D eigenvalue weighted by Gasteiger charge is 2.02. The van der Waals surface area contributed by atoms with E-state index in [9.17, 15) is 0 Å². The fraction of sp³-hybridized carbons (Fsp3) is 0.154. The molecule has 1 nitrogen and oxygen atoms in total. The molecule has 1 heteroatoms. The van der Waals surface area contributed by atoms with Gasteiger partial charge in [-0.05, 0) is 18.1 Å². The lowest BCUT2D eigenvalue weighted by molar-refractivity contribution is 1.04. The Morgan fingerprint density at radius 2 is 1.79 bits per heavy atom. The lowest BCUT2D eigenvalue weighted by Crippen LogP contribution is -1.90. The van der Waals surface area contributed by atoms with E-state index in [0.29, 0.717) is 0 Å². The summed E-state index contributed by atoms with van der Waals surface area (Å²) in [5.41, 5.74) is 3.66. The van der Waals surface area contributed by atoms with Gasteiger partial charge >= 0.3 is 0 Å². The zero-order valence-corrected chi connectivity index (χ0v) is 8.27. The molecule has 0 spiro atoms. The second kappa shape index (κ2) is 4.05. The van der Waals surface area contributed by atoms with Gasteiger partial charge < -0.3 is 0 Å². The molecule has 0 aliphatic heterocycles. The quantitative estimate of drug-likeness (QED) is 0.696. The summed E-state index contributed by atoms with van der Waals surface area (Å²) in [5, 5.41) is 0. The number of aromatic nitrogens is 1. The van der Waals surface area contributed by atoms with Crippen LogP contribution < -0.4 is 0 Å². The average Bonchev–Trinajstić information content (AvgIpc) is 2.30. The van der Waals surface area contributed by atoms with E-state index >= 15 is 0 Å². The van der Waals surface area contributed by atoms with Gasteiger partial charge in [0, 0.05) is 17.5 Å². The maximum atomic E-state index is 4.37. The Balaban J connectivity index is 2.51. The van der Waals surface area contributed by atoms with Crippen molar-refractivity contribution in [1.29, 1.82) is 0 Å². The zero-order chi connectivity index (χ0) is 9.80. The topological polar surface area (TPSA) is 12.9 Å². The van der Waals surface area contributed by atoms with Gasteiger partial charge in [-0.25, -0.2) is 0 Å². The summed E-state index contributed by atoms with van der Waals surface area (Å²) >= 11 is 0. The first-order valence-electron chi connectivity index (χ1n) is 4.91. The maximum absolute atomic E-state index is 4.37. The van der Waals surface area contributed by atoms with Gasteiger partial charge in [0.05, 0.1) is 0 Å². The van der Waals surface area contributed by atoms with E-state index in [1.165, 1.54) is 16.8 Å². The summed E-state index contributed by atoms with van der Waals surface area (Å²) in [6.07, 6.45) is 2.83. The Bertz CT molecular complexity index is 407. The van der Waals surface area contributed by atoms with Gasteiger partial charge in [0.25, 0.3) is 0 Å². The summed E-state index contributed by atoms with van der Waals surface area (Å²) in [6, 6.07) is 14.5. The Hall–Kier alpha value is -1.63. The summed E-state index contributed by atoms with van der Waals surface area (Å²) in [5.74, 6) is 0. The molecule has 1 aromatic heterocycles. The predicted molar refractivity (Wildman–Crippen MR) is 59.1 cm³/mol. The Morgan fingerprint density at radius 3 is 2.50 bits per heavy atom. The van der Waals surface area contributed by atoms with Crippen molar-refractivity contribution in [2.24, 2.45) is 0 Å². The van der Waals surface area contributed by atoms with Crippen molar-refractivity contribution >= 4 is 0 Å². The standard InChI is InChI=1S/C13H13N/c1-2-13-12(9-6-10-14-13)11-7-4-3-5-8-11/h3-10H,2H2,1H3. The van der Waals surface area contributed by atoms with Crippen molar-refractivity contribution in [3.8, 4) is 11.1 Å². The van der Waals surface area contributed by atoms with Crippen LogP contribution in [0.5, 0.6) is 0 Å². The largest absolute Gasteiger partial charge is 0.261 e. The SMILES string of the molecule is CCc1ncccc1-c1ccccc1. The normalized spacial score (nSPS) is 10.1. The second-order valence-corrected chi connectivity index (χ2v) is 3.22. The highest BCUT2D eigenvalue weighted by molar-refractivity contribution is 5.65. The molecule has 2 aromatic rings. The molecule has 0 aliphatic carbocycles. The molecule has 0 N–H and O–H groups in total. The minimum atomic E-state index is 0.977. The minimum Gasteiger partial charge on any atom is -0.261 e. The highest BCUT2D eigenvalue weighted by atomic mass is 14.7. The number of aryl methyl sites for hydroxylation is 1. The van der Waals surface area contributed by atoms with Gasteiger partial charge in [0.15, 0.2) is 0 Å². The van der Waals surface area contributed by atoms with Crippen molar-refractivity contribution in [2.75, 3.05) is 0 Å². The molecular weight excluding hydrogens is 170 g/mol. The first kappa shape index (κ1) is 8.95. The first-order valence-corrected chi connectivity index (χ1v) is 4.91. The third-order valence-electron chi connectivity index (χ3n) is 2.31. The number of nitrogens with zero attached hydrogens (tertiary/aromatic N) is 1. The molecule has 0 amide bonds. The molecule has 0 saturated carbocycles. The molecule has 0 unspecified atom stereocenters. The molecule has 14 heavy (non-hydrogen) atoms. The molecule has 0 aliphatic rings. The summed E-state index contributed by atoms with van der Waals surface area (Å²) < 4.78 is 0. The van der Waals surface area contributed by atoms with Crippen LogP contribution >= 0.6 is 0 Å². The number of hydrogen-bond donors (Lipinski definition) is 0. The number of pyridine rings is 1. The average molecular weight is 183 g/mol.